The zero-order valence-corrected chi connectivity index (χ0v) is 8.51. The van der Waals surface area contributed by atoms with Crippen LogP contribution in [0, 0.1) is 0 Å². The second-order valence-corrected chi connectivity index (χ2v) is 5.04. The average molecular weight is 240 g/mol. The lowest BCUT2D eigenvalue weighted by atomic mass is 9.93. The Morgan fingerprint density at radius 1 is 1.12 bits per heavy atom. The molecule has 0 amide bonds. The Morgan fingerprint density at radius 2 is 1.50 bits per heavy atom. The van der Waals surface area contributed by atoms with Crippen molar-refractivity contribution in [3.8, 4) is 0 Å². The van der Waals surface area contributed by atoms with Gasteiger partial charge in [0.05, 0.1) is 0 Å². The quantitative estimate of drug-likeness (QED) is 0.617. The van der Waals surface area contributed by atoms with Crippen molar-refractivity contribution in [1.82, 2.24) is 0 Å². The predicted molar refractivity (Wildman–Crippen MR) is 47.7 cm³/mol. The van der Waals surface area contributed by atoms with Gasteiger partial charge in [0.1, 0.15) is 0 Å². The van der Waals surface area contributed by atoms with Gasteiger partial charge in [-0.2, -0.15) is 0 Å². The minimum Gasteiger partial charge on any atom is -0.133 e. The van der Waals surface area contributed by atoms with Crippen LogP contribution in [0.3, 0.4) is 0 Å². The average Bonchev–Trinajstić information content (AvgIpc) is 1.64. The van der Waals surface area contributed by atoms with Gasteiger partial charge >= 0.3 is 4.36 Å². The maximum absolute atomic E-state index is 3.40. The minimum atomic E-state index is 0.347. The van der Waals surface area contributed by atoms with Crippen LogP contribution < -0.4 is 0 Å². The summed E-state index contributed by atoms with van der Waals surface area (Å²) < 4.78 is 0.347. The first-order valence-corrected chi connectivity index (χ1v) is 4.31. The molecule has 0 aliphatic rings. The van der Waals surface area contributed by atoms with Crippen molar-refractivity contribution in [2.45, 2.75) is 20.8 Å². The zero-order valence-electron chi connectivity index (χ0n) is 5.33. The summed E-state index contributed by atoms with van der Waals surface area (Å²) in [5, 5.41) is 0. The number of rotatable bonds is 1. The van der Waals surface area contributed by atoms with E-state index in [0.717, 1.165) is 0 Å². The monoisotopic (exact) mass is 238 g/mol. The first kappa shape index (κ1) is 8.76. The third kappa shape index (κ3) is 2.93. The van der Waals surface area contributed by atoms with E-state index in [9.17, 15) is 0 Å². The fraction of sp³-hybridized carbons (Fsp3) is 0.600. The van der Waals surface area contributed by atoms with Crippen LogP contribution in [0.15, 0.2) is 11.0 Å². The van der Waals surface area contributed by atoms with Crippen molar-refractivity contribution in [2.75, 3.05) is 0 Å². The van der Waals surface area contributed by atoms with E-state index in [2.05, 4.69) is 52.3 Å². The molecule has 0 aliphatic heterocycles. The second kappa shape index (κ2) is 3.73. The fourth-order valence-electron chi connectivity index (χ4n) is 0.218. The van der Waals surface area contributed by atoms with E-state index in [1.165, 1.54) is 11.0 Å². The van der Waals surface area contributed by atoms with Gasteiger partial charge < -0.3 is 0 Å². The summed E-state index contributed by atoms with van der Waals surface area (Å²) in [5.41, 5.74) is 2.72. The van der Waals surface area contributed by atoms with E-state index in [0.29, 0.717) is 4.36 Å². The topological polar surface area (TPSA) is 0 Å². The largest absolute Gasteiger partial charge is 0.325 e. The van der Waals surface area contributed by atoms with Crippen molar-refractivity contribution < 1.29 is 0 Å². The molecule has 0 N–H and O–H groups in total. The molecule has 0 spiro atoms. The van der Waals surface area contributed by atoms with Crippen molar-refractivity contribution in [1.29, 1.82) is 0 Å². The highest BCUT2D eigenvalue weighted by molar-refractivity contribution is 9.49. The highest BCUT2D eigenvalue weighted by Gasteiger charge is 2.05. The van der Waals surface area contributed by atoms with Crippen molar-refractivity contribution in [2.24, 2.45) is 0 Å². The van der Waals surface area contributed by atoms with Gasteiger partial charge in [0.25, 0.3) is 0 Å². The molecule has 0 radical (unpaired) electrons. The van der Waals surface area contributed by atoms with Gasteiger partial charge in [0.2, 0.25) is 0 Å². The molecule has 0 rings (SSSR count). The molecular formula is C5H9BBr2. The van der Waals surface area contributed by atoms with Crippen LogP contribution >= 0.6 is 31.5 Å². The van der Waals surface area contributed by atoms with E-state index in [1.807, 2.05) is 0 Å². The van der Waals surface area contributed by atoms with Gasteiger partial charge in [-0.25, -0.2) is 0 Å². The third-order valence-corrected chi connectivity index (χ3v) is 2.49. The van der Waals surface area contributed by atoms with Crippen molar-refractivity contribution in [3.63, 3.8) is 0 Å². The van der Waals surface area contributed by atoms with Crippen LogP contribution in [-0.4, -0.2) is 4.36 Å². The third-order valence-electron chi connectivity index (χ3n) is 1.12. The molecule has 8 heavy (non-hydrogen) atoms. The Morgan fingerprint density at radius 3 is 1.50 bits per heavy atom. The molecule has 0 aliphatic carbocycles. The molecule has 0 bridgehead atoms. The minimum absolute atomic E-state index is 0.347. The van der Waals surface area contributed by atoms with E-state index in [-0.39, 0.29) is 0 Å². The zero-order chi connectivity index (χ0) is 6.73. The van der Waals surface area contributed by atoms with Crippen LogP contribution in [0.1, 0.15) is 20.8 Å². The van der Waals surface area contributed by atoms with Gasteiger partial charge in [-0.1, -0.05) is 18.0 Å². The van der Waals surface area contributed by atoms with Crippen LogP contribution in [0.5, 0.6) is 0 Å². The number of halogens is 2. The number of hydrogen-bond acceptors (Lipinski definition) is 0. The van der Waals surface area contributed by atoms with Crippen LogP contribution in [0.4, 0.5) is 0 Å². The standard InChI is InChI=1S/C5H9BBr2/c1-4(2)5(3)6(7)8/h1-3H3. The molecular weight excluding hydrogens is 231 g/mol. The second-order valence-electron chi connectivity index (χ2n) is 1.98. The summed E-state index contributed by atoms with van der Waals surface area (Å²) in [7, 11) is 0. The van der Waals surface area contributed by atoms with Gasteiger partial charge in [0.15, 0.2) is 0 Å². The molecule has 0 fully saturated rings. The lowest BCUT2D eigenvalue weighted by Gasteiger charge is -1.98. The van der Waals surface area contributed by atoms with E-state index in [1.54, 1.807) is 0 Å². The molecule has 0 aromatic heterocycles. The smallest absolute Gasteiger partial charge is 0.133 e. The van der Waals surface area contributed by atoms with E-state index >= 15 is 0 Å². The lowest BCUT2D eigenvalue weighted by Crippen LogP contribution is -1.94. The summed E-state index contributed by atoms with van der Waals surface area (Å²) >= 11 is 6.80. The van der Waals surface area contributed by atoms with E-state index in [4.69, 9.17) is 0 Å². The van der Waals surface area contributed by atoms with Gasteiger partial charge in [-0.05, 0) is 13.8 Å². The predicted octanol–water partition coefficient (Wildman–Crippen LogP) is 3.16. The molecule has 0 aromatic rings. The van der Waals surface area contributed by atoms with Gasteiger partial charge in [-0.3, -0.25) is 0 Å². The molecule has 0 atom stereocenters. The lowest BCUT2D eigenvalue weighted by molar-refractivity contribution is 1.34. The van der Waals surface area contributed by atoms with E-state index < -0.39 is 0 Å². The molecule has 3 heteroatoms. The highest BCUT2D eigenvalue weighted by atomic mass is 79.9. The molecule has 0 saturated carbocycles. The first-order valence-electron chi connectivity index (χ1n) is 2.48. The molecule has 0 nitrogen and oxygen atoms in total. The van der Waals surface area contributed by atoms with Crippen molar-refractivity contribution >= 4 is 35.9 Å². The van der Waals surface area contributed by atoms with Crippen LogP contribution in [0.25, 0.3) is 0 Å². The maximum atomic E-state index is 3.40. The molecule has 46 valence electrons. The Bertz CT molecular complexity index is 103. The molecule has 0 aromatic carbocycles. The summed E-state index contributed by atoms with van der Waals surface area (Å²) in [5.74, 6) is 0. The Kier molecular flexibility index (Phi) is 4.08. The maximum Gasteiger partial charge on any atom is 0.325 e. The normalized spacial score (nSPS) is 8.62. The summed E-state index contributed by atoms with van der Waals surface area (Å²) in [4.78, 5) is 0. The van der Waals surface area contributed by atoms with Crippen LogP contribution in [0.2, 0.25) is 0 Å². The SMILES string of the molecule is CC(C)=C(C)B(Br)Br. The van der Waals surface area contributed by atoms with Gasteiger partial charge in [-0.15, -0.1) is 31.5 Å². The summed E-state index contributed by atoms with van der Waals surface area (Å²) in [6, 6.07) is 0. The number of allylic oxidation sites excluding steroid dienone is 2. The summed E-state index contributed by atoms with van der Waals surface area (Å²) in [6.45, 7) is 6.30. The van der Waals surface area contributed by atoms with Crippen molar-refractivity contribution in [3.05, 3.63) is 11.0 Å². The van der Waals surface area contributed by atoms with Gasteiger partial charge in [0, 0.05) is 0 Å². The number of hydrogen-bond donors (Lipinski definition) is 0. The molecule has 0 saturated heterocycles. The summed E-state index contributed by atoms with van der Waals surface area (Å²) in [6.07, 6.45) is 0. The van der Waals surface area contributed by atoms with Crippen LogP contribution in [-0.2, 0) is 0 Å². The Hall–Kier alpha value is 0.765. The fourth-order valence-corrected chi connectivity index (χ4v) is 1.13. The first-order chi connectivity index (χ1) is 3.55. The Labute approximate surface area is 67.8 Å². The molecule has 0 unspecified atom stereocenters. The highest BCUT2D eigenvalue weighted by Crippen LogP contribution is 2.16. The Balaban J connectivity index is 4.00. The molecule has 0 heterocycles.